The first-order valence-corrected chi connectivity index (χ1v) is 8.34. The number of nitrogens with zero attached hydrogens (tertiary/aromatic N) is 2. The van der Waals surface area contributed by atoms with E-state index in [2.05, 4.69) is 11.1 Å². The largest absolute Gasteiger partial charge is 0.246 e. The van der Waals surface area contributed by atoms with Gasteiger partial charge in [0.1, 0.15) is 6.07 Å². The molecule has 2 nitrogen and oxygen atoms in total. The molecule has 0 atom stereocenters. The van der Waals surface area contributed by atoms with Crippen molar-refractivity contribution in [2.24, 2.45) is 0 Å². The minimum absolute atomic E-state index is 0.345. The van der Waals surface area contributed by atoms with Gasteiger partial charge >= 0.3 is 0 Å². The van der Waals surface area contributed by atoms with E-state index in [9.17, 15) is 5.26 Å². The molecular formula is C18H8Cl4N2. The van der Waals surface area contributed by atoms with Crippen molar-refractivity contribution in [2.45, 2.75) is 0 Å². The van der Waals surface area contributed by atoms with Gasteiger partial charge in [-0.05, 0) is 24.3 Å². The monoisotopic (exact) mass is 392 g/mol. The van der Waals surface area contributed by atoms with Crippen molar-refractivity contribution in [1.29, 1.82) is 5.26 Å². The minimum atomic E-state index is 0.345. The Balaban J connectivity index is 2.26. The molecule has 0 radical (unpaired) electrons. The zero-order chi connectivity index (χ0) is 17.3. The Morgan fingerprint density at radius 1 is 0.750 bits per heavy atom. The summed E-state index contributed by atoms with van der Waals surface area (Å²) in [6.45, 7) is 0. The number of pyridine rings is 1. The molecule has 0 saturated heterocycles. The highest BCUT2D eigenvalue weighted by molar-refractivity contribution is 6.44. The molecule has 0 saturated carbocycles. The third-order valence-corrected chi connectivity index (χ3v) is 5.09. The Labute approximate surface area is 159 Å². The Hall–Kier alpha value is -1.76. The number of rotatable bonds is 2. The number of nitriles is 1. The lowest BCUT2D eigenvalue weighted by Crippen LogP contribution is -1.94. The van der Waals surface area contributed by atoms with E-state index < -0.39 is 0 Å². The molecule has 0 aliphatic carbocycles. The Morgan fingerprint density at radius 3 is 1.96 bits per heavy atom. The van der Waals surface area contributed by atoms with Gasteiger partial charge in [-0.15, -0.1) is 0 Å². The highest BCUT2D eigenvalue weighted by atomic mass is 35.5. The van der Waals surface area contributed by atoms with Crippen LogP contribution in [-0.2, 0) is 0 Å². The summed E-state index contributed by atoms with van der Waals surface area (Å²) in [4.78, 5) is 4.58. The number of halogens is 4. The molecule has 3 rings (SSSR count). The van der Waals surface area contributed by atoms with Gasteiger partial charge in [-0.3, -0.25) is 0 Å². The van der Waals surface area contributed by atoms with E-state index in [1.54, 1.807) is 42.5 Å². The lowest BCUT2D eigenvalue weighted by atomic mass is 10.0. The molecule has 0 aliphatic rings. The highest BCUT2D eigenvalue weighted by Crippen LogP contribution is 2.37. The average molecular weight is 394 g/mol. The summed E-state index contributed by atoms with van der Waals surface area (Å²) < 4.78 is 0. The van der Waals surface area contributed by atoms with Crippen LogP contribution in [0.4, 0.5) is 0 Å². The lowest BCUT2D eigenvalue weighted by Gasteiger charge is -2.11. The second-order valence-electron chi connectivity index (χ2n) is 4.91. The van der Waals surface area contributed by atoms with Crippen molar-refractivity contribution in [3.05, 3.63) is 74.2 Å². The SMILES string of the molecule is N#Cc1ccc(-c2cccc(Cl)c2Cl)nc1-c1cccc(Cl)c1Cl. The summed E-state index contributed by atoms with van der Waals surface area (Å²) in [5, 5.41) is 11.0. The van der Waals surface area contributed by atoms with Gasteiger partial charge in [-0.2, -0.15) is 5.26 Å². The van der Waals surface area contributed by atoms with Crippen molar-refractivity contribution in [3.63, 3.8) is 0 Å². The second-order valence-corrected chi connectivity index (χ2v) is 6.48. The van der Waals surface area contributed by atoms with Crippen molar-refractivity contribution in [2.75, 3.05) is 0 Å². The van der Waals surface area contributed by atoms with Crippen molar-refractivity contribution >= 4 is 46.4 Å². The molecule has 0 spiro atoms. The topological polar surface area (TPSA) is 36.7 Å². The van der Waals surface area contributed by atoms with Crippen molar-refractivity contribution in [1.82, 2.24) is 4.98 Å². The number of benzene rings is 2. The van der Waals surface area contributed by atoms with Crippen LogP contribution in [0, 0.1) is 11.3 Å². The van der Waals surface area contributed by atoms with Gasteiger partial charge in [0.25, 0.3) is 0 Å². The van der Waals surface area contributed by atoms with E-state index in [0.29, 0.717) is 48.2 Å². The molecule has 1 aromatic heterocycles. The molecule has 3 aromatic rings. The number of hydrogen-bond donors (Lipinski definition) is 0. The van der Waals surface area contributed by atoms with Crippen molar-refractivity contribution < 1.29 is 0 Å². The van der Waals surface area contributed by atoms with Gasteiger partial charge < -0.3 is 0 Å². The third kappa shape index (κ3) is 3.09. The first-order chi connectivity index (χ1) is 11.5. The van der Waals surface area contributed by atoms with Crippen LogP contribution in [0.2, 0.25) is 20.1 Å². The van der Waals surface area contributed by atoms with Gasteiger partial charge in [-0.1, -0.05) is 70.7 Å². The van der Waals surface area contributed by atoms with E-state index in [-0.39, 0.29) is 0 Å². The zero-order valence-corrected chi connectivity index (χ0v) is 15.0. The van der Waals surface area contributed by atoms with Crippen LogP contribution in [0.3, 0.4) is 0 Å². The van der Waals surface area contributed by atoms with Crippen LogP contribution in [0.1, 0.15) is 5.56 Å². The standard InChI is InChI=1S/C18H8Cl4N2/c19-13-5-1-3-11(16(13)21)15-8-7-10(9-23)18(24-15)12-4-2-6-14(20)17(12)22/h1-8H. The van der Waals surface area contributed by atoms with Crippen LogP contribution in [-0.4, -0.2) is 4.98 Å². The Kier molecular flexibility index (Phi) is 4.99. The average Bonchev–Trinajstić information content (AvgIpc) is 2.59. The fourth-order valence-electron chi connectivity index (χ4n) is 2.29. The molecule has 0 N–H and O–H groups in total. The third-order valence-electron chi connectivity index (χ3n) is 3.45. The molecule has 0 fully saturated rings. The van der Waals surface area contributed by atoms with E-state index in [1.807, 2.05) is 6.07 Å². The summed E-state index contributed by atoms with van der Waals surface area (Å²) in [6.07, 6.45) is 0. The van der Waals surface area contributed by atoms with Crippen LogP contribution in [0.15, 0.2) is 48.5 Å². The fourth-order valence-corrected chi connectivity index (χ4v) is 3.08. The molecule has 0 unspecified atom stereocenters. The molecule has 0 aliphatic heterocycles. The Bertz CT molecular complexity index is 977. The quantitative estimate of drug-likeness (QED) is 0.474. The van der Waals surface area contributed by atoms with Gasteiger partial charge in [0, 0.05) is 11.1 Å². The van der Waals surface area contributed by atoms with Gasteiger partial charge in [-0.25, -0.2) is 4.98 Å². The molecule has 1 heterocycles. The first-order valence-electron chi connectivity index (χ1n) is 6.83. The lowest BCUT2D eigenvalue weighted by molar-refractivity contribution is 1.30. The van der Waals surface area contributed by atoms with Gasteiger partial charge in [0.15, 0.2) is 0 Å². The predicted octanol–water partition coefficient (Wildman–Crippen LogP) is 6.90. The summed E-state index contributed by atoms with van der Waals surface area (Å²) >= 11 is 24.7. The summed E-state index contributed by atoms with van der Waals surface area (Å²) in [5.74, 6) is 0. The summed E-state index contributed by atoms with van der Waals surface area (Å²) in [6, 6.07) is 16.0. The Morgan fingerprint density at radius 2 is 1.33 bits per heavy atom. The predicted molar refractivity (Wildman–Crippen MR) is 99.9 cm³/mol. The van der Waals surface area contributed by atoms with Crippen LogP contribution >= 0.6 is 46.4 Å². The second kappa shape index (κ2) is 7.01. The summed E-state index contributed by atoms with van der Waals surface area (Å²) in [7, 11) is 0. The zero-order valence-electron chi connectivity index (χ0n) is 12.0. The number of aromatic nitrogens is 1. The molecular weight excluding hydrogens is 386 g/mol. The van der Waals surface area contributed by atoms with Crippen LogP contribution in [0.25, 0.3) is 22.5 Å². The highest BCUT2D eigenvalue weighted by Gasteiger charge is 2.15. The minimum Gasteiger partial charge on any atom is -0.246 e. The van der Waals surface area contributed by atoms with Crippen molar-refractivity contribution in [3.8, 4) is 28.6 Å². The number of hydrogen-bond acceptors (Lipinski definition) is 2. The van der Waals surface area contributed by atoms with E-state index in [4.69, 9.17) is 46.4 Å². The maximum Gasteiger partial charge on any atom is 0.101 e. The molecule has 0 bridgehead atoms. The normalized spacial score (nSPS) is 10.5. The fraction of sp³-hybridized carbons (Fsp3) is 0. The smallest absolute Gasteiger partial charge is 0.101 e. The molecule has 2 aromatic carbocycles. The molecule has 6 heteroatoms. The van der Waals surface area contributed by atoms with E-state index >= 15 is 0 Å². The first kappa shape index (κ1) is 17.1. The van der Waals surface area contributed by atoms with Gasteiger partial charge in [0.2, 0.25) is 0 Å². The van der Waals surface area contributed by atoms with Gasteiger partial charge in [0.05, 0.1) is 37.0 Å². The molecule has 24 heavy (non-hydrogen) atoms. The summed E-state index contributed by atoms with van der Waals surface area (Å²) in [5.41, 5.74) is 2.68. The van der Waals surface area contributed by atoms with E-state index in [1.165, 1.54) is 0 Å². The molecule has 118 valence electrons. The van der Waals surface area contributed by atoms with Crippen LogP contribution < -0.4 is 0 Å². The van der Waals surface area contributed by atoms with E-state index in [0.717, 1.165) is 0 Å². The maximum atomic E-state index is 9.39. The maximum absolute atomic E-state index is 9.39. The van der Waals surface area contributed by atoms with Crippen LogP contribution in [0.5, 0.6) is 0 Å². The molecule has 0 amide bonds.